The van der Waals surface area contributed by atoms with E-state index in [1.807, 2.05) is 0 Å². The van der Waals surface area contributed by atoms with E-state index in [2.05, 4.69) is 5.32 Å². The van der Waals surface area contributed by atoms with Crippen LogP contribution >= 0.6 is 11.6 Å². The molecule has 0 saturated heterocycles. The summed E-state index contributed by atoms with van der Waals surface area (Å²) in [7, 11) is 0. The maximum absolute atomic E-state index is 13.6. The number of phenols is 1. The summed E-state index contributed by atoms with van der Waals surface area (Å²) < 4.78 is 13.6. The van der Waals surface area contributed by atoms with Gasteiger partial charge in [0, 0.05) is 12.1 Å². The Balaban J connectivity index is 2.07. The molecule has 1 aromatic carbocycles. The minimum atomic E-state index is -0.725. The highest BCUT2D eigenvalue weighted by atomic mass is 35.5. The summed E-state index contributed by atoms with van der Waals surface area (Å²) in [6.45, 7) is 0. The average molecular weight is 286 g/mol. The topological polar surface area (TPSA) is 49.3 Å². The Kier molecular flexibility index (Phi) is 4.64. The van der Waals surface area contributed by atoms with E-state index in [9.17, 15) is 9.18 Å². The Hall–Kier alpha value is -1.29. The highest BCUT2D eigenvalue weighted by Crippen LogP contribution is 2.23. The number of aromatic hydroxyl groups is 1. The van der Waals surface area contributed by atoms with Crippen molar-refractivity contribution in [2.45, 2.75) is 43.5 Å². The van der Waals surface area contributed by atoms with Gasteiger partial charge in [0.25, 0.3) is 5.91 Å². The molecule has 0 aliphatic heterocycles. The summed E-state index contributed by atoms with van der Waals surface area (Å²) >= 11 is 6.24. The van der Waals surface area contributed by atoms with Gasteiger partial charge in [0.15, 0.2) is 0 Å². The fourth-order valence-electron chi connectivity index (χ4n) is 2.36. The summed E-state index contributed by atoms with van der Waals surface area (Å²) in [5.74, 6) is -1.40. The van der Waals surface area contributed by atoms with E-state index in [1.165, 1.54) is 12.1 Å². The molecule has 3 nitrogen and oxygen atoms in total. The number of phenolic OH excluding ortho intramolecular Hbond substituents is 1. The van der Waals surface area contributed by atoms with Gasteiger partial charge in [-0.05, 0) is 25.0 Å². The van der Waals surface area contributed by atoms with Crippen molar-refractivity contribution >= 4 is 17.5 Å². The molecule has 2 atom stereocenters. The Morgan fingerprint density at radius 3 is 2.79 bits per heavy atom. The Labute approximate surface area is 116 Å². The Bertz CT molecular complexity index is 467. The molecule has 19 heavy (non-hydrogen) atoms. The quantitative estimate of drug-likeness (QED) is 0.647. The standard InChI is InChI=1S/C14H17ClFNO2/c15-11-4-2-1-3-5-13(11)17-14(19)10-7-6-9(18)8-12(10)16/h6-8,11,13,18H,1-5H2,(H,17,19). The van der Waals surface area contributed by atoms with Crippen molar-refractivity contribution in [3.8, 4) is 5.75 Å². The SMILES string of the molecule is O=C(NC1CCCCCC1Cl)c1ccc(O)cc1F. The monoisotopic (exact) mass is 285 g/mol. The number of benzene rings is 1. The fraction of sp³-hybridized carbons (Fsp3) is 0.500. The summed E-state index contributed by atoms with van der Waals surface area (Å²) in [5.41, 5.74) is -0.0640. The summed E-state index contributed by atoms with van der Waals surface area (Å²) in [6.07, 6.45) is 4.88. The largest absolute Gasteiger partial charge is 0.508 e. The van der Waals surface area contributed by atoms with Gasteiger partial charge in [0.1, 0.15) is 11.6 Å². The molecule has 1 aliphatic rings. The van der Waals surface area contributed by atoms with Gasteiger partial charge >= 0.3 is 0 Å². The van der Waals surface area contributed by atoms with Crippen LogP contribution in [0.25, 0.3) is 0 Å². The molecule has 2 N–H and O–H groups in total. The Morgan fingerprint density at radius 2 is 2.05 bits per heavy atom. The second kappa shape index (κ2) is 6.24. The van der Waals surface area contributed by atoms with Crippen molar-refractivity contribution in [3.05, 3.63) is 29.6 Å². The molecule has 2 unspecified atom stereocenters. The zero-order chi connectivity index (χ0) is 13.8. The van der Waals surface area contributed by atoms with Crippen LogP contribution in [-0.4, -0.2) is 22.4 Å². The number of carbonyl (C=O) groups excluding carboxylic acids is 1. The lowest BCUT2D eigenvalue weighted by atomic mass is 10.1. The first-order valence-corrected chi connectivity index (χ1v) is 6.95. The molecular weight excluding hydrogens is 269 g/mol. The van der Waals surface area contributed by atoms with Crippen molar-refractivity contribution in [2.75, 3.05) is 0 Å². The third kappa shape index (κ3) is 3.60. The minimum absolute atomic E-state index is 0.0640. The first-order chi connectivity index (χ1) is 9.08. The molecule has 5 heteroatoms. The number of carbonyl (C=O) groups is 1. The smallest absolute Gasteiger partial charge is 0.254 e. The number of halogens is 2. The number of amides is 1. The van der Waals surface area contributed by atoms with Crippen molar-refractivity contribution in [3.63, 3.8) is 0 Å². The van der Waals surface area contributed by atoms with E-state index < -0.39 is 11.7 Å². The van der Waals surface area contributed by atoms with E-state index >= 15 is 0 Å². The van der Waals surface area contributed by atoms with Gasteiger partial charge in [0.2, 0.25) is 0 Å². The molecular formula is C14H17ClFNO2. The van der Waals surface area contributed by atoms with Crippen LogP contribution in [0.5, 0.6) is 5.75 Å². The van der Waals surface area contributed by atoms with Gasteiger partial charge in [-0.1, -0.05) is 19.3 Å². The van der Waals surface area contributed by atoms with Crippen molar-refractivity contribution in [1.82, 2.24) is 5.32 Å². The first kappa shape index (κ1) is 14.1. The number of rotatable bonds is 2. The number of nitrogens with one attached hydrogen (secondary N) is 1. The lowest BCUT2D eigenvalue weighted by Gasteiger charge is -2.21. The van der Waals surface area contributed by atoms with Crippen LogP contribution in [0, 0.1) is 5.82 Å². The zero-order valence-electron chi connectivity index (χ0n) is 10.5. The molecule has 0 spiro atoms. The van der Waals surface area contributed by atoms with E-state index in [4.69, 9.17) is 16.7 Å². The molecule has 1 aliphatic carbocycles. The second-order valence-electron chi connectivity index (χ2n) is 4.90. The fourth-order valence-corrected chi connectivity index (χ4v) is 2.70. The number of hydrogen-bond donors (Lipinski definition) is 2. The van der Waals surface area contributed by atoms with Gasteiger partial charge < -0.3 is 10.4 Å². The van der Waals surface area contributed by atoms with Crippen LogP contribution in [0.1, 0.15) is 42.5 Å². The minimum Gasteiger partial charge on any atom is -0.508 e. The molecule has 2 rings (SSSR count). The van der Waals surface area contributed by atoms with Crippen LogP contribution in [0.3, 0.4) is 0 Å². The Morgan fingerprint density at radius 1 is 1.32 bits per heavy atom. The van der Waals surface area contributed by atoms with Crippen LogP contribution in [-0.2, 0) is 0 Å². The van der Waals surface area contributed by atoms with Crippen molar-refractivity contribution in [2.24, 2.45) is 0 Å². The molecule has 0 bridgehead atoms. The molecule has 104 valence electrons. The van der Waals surface area contributed by atoms with E-state index in [1.54, 1.807) is 0 Å². The molecule has 1 amide bonds. The predicted octanol–water partition coefficient (Wildman–Crippen LogP) is 3.20. The van der Waals surface area contributed by atoms with E-state index in [0.717, 1.165) is 38.2 Å². The lowest BCUT2D eigenvalue weighted by Crippen LogP contribution is -2.40. The second-order valence-corrected chi connectivity index (χ2v) is 5.46. The van der Waals surface area contributed by atoms with Crippen molar-refractivity contribution < 1.29 is 14.3 Å². The van der Waals surface area contributed by atoms with Crippen LogP contribution in [0.2, 0.25) is 0 Å². The average Bonchev–Trinajstić information content (AvgIpc) is 2.55. The summed E-state index contributed by atoms with van der Waals surface area (Å²) in [5, 5.41) is 11.8. The van der Waals surface area contributed by atoms with E-state index in [-0.39, 0.29) is 22.7 Å². The molecule has 1 fully saturated rings. The van der Waals surface area contributed by atoms with Crippen LogP contribution < -0.4 is 5.32 Å². The van der Waals surface area contributed by atoms with Crippen molar-refractivity contribution in [1.29, 1.82) is 0 Å². The van der Waals surface area contributed by atoms with Gasteiger partial charge in [-0.3, -0.25) is 4.79 Å². The highest BCUT2D eigenvalue weighted by Gasteiger charge is 2.24. The van der Waals surface area contributed by atoms with Gasteiger partial charge in [-0.25, -0.2) is 4.39 Å². The third-order valence-corrected chi connectivity index (χ3v) is 3.97. The predicted molar refractivity (Wildman–Crippen MR) is 72.0 cm³/mol. The number of hydrogen-bond acceptors (Lipinski definition) is 2. The summed E-state index contributed by atoms with van der Waals surface area (Å²) in [6, 6.07) is 3.38. The first-order valence-electron chi connectivity index (χ1n) is 6.51. The van der Waals surface area contributed by atoms with Gasteiger partial charge in [-0.2, -0.15) is 0 Å². The van der Waals surface area contributed by atoms with E-state index in [0.29, 0.717) is 0 Å². The maximum Gasteiger partial charge on any atom is 0.254 e. The van der Waals surface area contributed by atoms with Gasteiger partial charge in [-0.15, -0.1) is 11.6 Å². The molecule has 1 aromatic rings. The highest BCUT2D eigenvalue weighted by molar-refractivity contribution is 6.21. The summed E-state index contributed by atoms with van der Waals surface area (Å²) in [4.78, 5) is 12.0. The molecule has 0 radical (unpaired) electrons. The molecule has 1 saturated carbocycles. The molecule has 0 heterocycles. The normalized spacial score (nSPS) is 23.7. The van der Waals surface area contributed by atoms with Gasteiger partial charge in [0.05, 0.1) is 10.9 Å². The third-order valence-electron chi connectivity index (χ3n) is 3.45. The van der Waals surface area contributed by atoms with Crippen LogP contribution in [0.4, 0.5) is 4.39 Å². The molecule has 0 aromatic heterocycles. The van der Waals surface area contributed by atoms with Crippen LogP contribution in [0.15, 0.2) is 18.2 Å². The lowest BCUT2D eigenvalue weighted by molar-refractivity contribution is 0.0930. The maximum atomic E-state index is 13.6. The zero-order valence-corrected chi connectivity index (χ0v) is 11.3. The number of alkyl halides is 1.